The van der Waals surface area contributed by atoms with E-state index in [1.165, 1.54) is 14.2 Å². The number of methoxy groups -OCH3 is 2. The second kappa shape index (κ2) is 8.14. The summed E-state index contributed by atoms with van der Waals surface area (Å²) < 4.78 is 27.1. The van der Waals surface area contributed by atoms with Crippen LogP contribution in [0.3, 0.4) is 0 Å². The van der Waals surface area contributed by atoms with Gasteiger partial charge < -0.3 is 24.8 Å². The molecule has 0 amide bonds. The fourth-order valence-corrected chi connectivity index (χ4v) is 3.89. The van der Waals surface area contributed by atoms with E-state index >= 15 is 4.39 Å². The number of H-pyrrole nitrogens is 2. The van der Waals surface area contributed by atoms with Crippen molar-refractivity contribution in [3.05, 3.63) is 52.7 Å². The first-order valence-corrected chi connectivity index (χ1v) is 10.3. The first-order valence-electron chi connectivity index (χ1n) is 10.3. The fourth-order valence-electron chi connectivity index (χ4n) is 3.89. The molecule has 0 bridgehead atoms. The molecule has 0 saturated heterocycles. The number of anilines is 1. The Bertz CT molecular complexity index is 1570. The highest BCUT2D eigenvalue weighted by Crippen LogP contribution is 2.37. The molecule has 1 aromatic carbocycles. The van der Waals surface area contributed by atoms with Gasteiger partial charge in [0.05, 0.1) is 37.0 Å². The molecule has 0 saturated carbocycles. The van der Waals surface area contributed by atoms with Crippen molar-refractivity contribution >= 4 is 27.8 Å². The summed E-state index contributed by atoms with van der Waals surface area (Å²) in [6, 6.07) is 2.92. The summed E-state index contributed by atoms with van der Waals surface area (Å²) in [6.07, 6.45) is 4.97. The van der Waals surface area contributed by atoms with E-state index in [1.807, 2.05) is 6.92 Å². The molecule has 0 aliphatic rings. The van der Waals surface area contributed by atoms with E-state index in [2.05, 4.69) is 35.3 Å². The van der Waals surface area contributed by atoms with Crippen LogP contribution < -0.4 is 20.3 Å². The van der Waals surface area contributed by atoms with Crippen molar-refractivity contribution in [2.24, 2.45) is 7.05 Å². The summed E-state index contributed by atoms with van der Waals surface area (Å²) in [5.41, 5.74) is 1.55. The first-order chi connectivity index (χ1) is 16.4. The van der Waals surface area contributed by atoms with Gasteiger partial charge in [0.1, 0.15) is 28.2 Å². The zero-order valence-corrected chi connectivity index (χ0v) is 18.8. The highest BCUT2D eigenvalue weighted by Gasteiger charge is 2.24. The predicted molar refractivity (Wildman–Crippen MR) is 124 cm³/mol. The lowest BCUT2D eigenvalue weighted by Gasteiger charge is -2.16. The number of aryl methyl sites for hydroxylation is 1. The summed E-state index contributed by atoms with van der Waals surface area (Å²) in [5.74, 6) is 0.111. The Hall–Kier alpha value is -4.48. The predicted octanol–water partition coefficient (Wildman–Crippen LogP) is 2.92. The highest BCUT2D eigenvalue weighted by atomic mass is 19.1. The van der Waals surface area contributed by atoms with Gasteiger partial charge in [-0.15, -0.1) is 0 Å². The summed E-state index contributed by atoms with van der Waals surface area (Å²) in [7, 11) is 4.50. The minimum atomic E-state index is -0.699. The highest BCUT2D eigenvalue weighted by molar-refractivity contribution is 5.97. The summed E-state index contributed by atoms with van der Waals surface area (Å²) >= 11 is 0. The number of nitrogens with one attached hydrogen (secondary N) is 3. The molecule has 1 unspecified atom stereocenters. The average Bonchev–Trinajstić information content (AvgIpc) is 3.42. The molecule has 0 fully saturated rings. The SMILES string of the molecule is COc1cc2[nH]c(-c3c(NC(C)c4ncccn4)c4nn(C)cc4[nH]c3=O)nc2c(F)c1OC. The van der Waals surface area contributed by atoms with Gasteiger partial charge in [0, 0.05) is 31.7 Å². The quantitative estimate of drug-likeness (QED) is 0.349. The standard InChI is InChI=1S/C22H21FN8O3/c1-10(20-24-6-5-7-25-20)26-18-14(22(32)28-12-9-31(2)30-17(12)18)21-27-11-8-13(33-3)19(34-4)15(23)16(11)29-21/h5-10,26H,1-4H3,(H,27,29)(H,28,32). The lowest BCUT2D eigenvalue weighted by Crippen LogP contribution is -2.17. The molecule has 11 nitrogen and oxygen atoms in total. The van der Waals surface area contributed by atoms with Crippen LogP contribution in [0.15, 0.2) is 35.5 Å². The normalized spacial score (nSPS) is 12.3. The summed E-state index contributed by atoms with van der Waals surface area (Å²) in [5, 5.41) is 7.80. The van der Waals surface area contributed by atoms with Crippen molar-refractivity contribution in [3.8, 4) is 22.9 Å². The summed E-state index contributed by atoms with van der Waals surface area (Å²) in [6.45, 7) is 1.86. The largest absolute Gasteiger partial charge is 0.493 e. The van der Waals surface area contributed by atoms with E-state index in [-0.39, 0.29) is 34.4 Å². The van der Waals surface area contributed by atoms with Gasteiger partial charge >= 0.3 is 0 Å². The maximum Gasteiger partial charge on any atom is 0.261 e. The van der Waals surface area contributed by atoms with Crippen LogP contribution in [0.1, 0.15) is 18.8 Å². The third-order valence-corrected chi connectivity index (χ3v) is 5.42. The molecular weight excluding hydrogens is 443 g/mol. The molecule has 5 rings (SSSR count). The van der Waals surface area contributed by atoms with Crippen molar-refractivity contribution in [2.75, 3.05) is 19.5 Å². The summed E-state index contributed by atoms with van der Waals surface area (Å²) in [4.78, 5) is 32.0. The number of rotatable bonds is 6. The van der Waals surface area contributed by atoms with Gasteiger partial charge in [0.15, 0.2) is 17.3 Å². The zero-order valence-electron chi connectivity index (χ0n) is 18.8. The van der Waals surface area contributed by atoms with Crippen molar-refractivity contribution in [3.63, 3.8) is 0 Å². The van der Waals surface area contributed by atoms with Gasteiger partial charge in [-0.1, -0.05) is 0 Å². The van der Waals surface area contributed by atoms with Gasteiger partial charge in [-0.25, -0.2) is 19.3 Å². The van der Waals surface area contributed by atoms with Crippen LogP contribution >= 0.6 is 0 Å². The molecule has 3 N–H and O–H groups in total. The topological polar surface area (TPSA) is 136 Å². The second-order valence-corrected chi connectivity index (χ2v) is 7.65. The van der Waals surface area contributed by atoms with E-state index in [0.717, 1.165) is 0 Å². The van der Waals surface area contributed by atoms with Crippen LogP contribution in [0.25, 0.3) is 33.5 Å². The minimum Gasteiger partial charge on any atom is -0.493 e. The minimum absolute atomic E-state index is 0.0126. The number of nitrogens with zero attached hydrogens (tertiary/aromatic N) is 5. The Morgan fingerprint density at radius 1 is 1.12 bits per heavy atom. The lowest BCUT2D eigenvalue weighted by atomic mass is 10.1. The van der Waals surface area contributed by atoms with Crippen LogP contribution in [0, 0.1) is 5.82 Å². The Morgan fingerprint density at radius 2 is 1.88 bits per heavy atom. The van der Waals surface area contributed by atoms with E-state index in [1.54, 1.807) is 42.5 Å². The van der Waals surface area contributed by atoms with Gasteiger partial charge in [0.2, 0.25) is 0 Å². The zero-order chi connectivity index (χ0) is 24.0. The number of pyridine rings is 1. The third kappa shape index (κ3) is 3.39. The molecule has 0 aliphatic heterocycles. The number of hydrogen-bond donors (Lipinski definition) is 3. The molecule has 4 aromatic heterocycles. The maximum absolute atomic E-state index is 15.1. The van der Waals surface area contributed by atoms with Crippen LogP contribution in [0.5, 0.6) is 11.5 Å². The Kier molecular flexibility index (Phi) is 5.11. The van der Waals surface area contributed by atoms with Gasteiger partial charge in [-0.3, -0.25) is 9.48 Å². The molecule has 4 heterocycles. The molecule has 174 valence electrons. The van der Waals surface area contributed by atoms with E-state index in [4.69, 9.17) is 9.47 Å². The van der Waals surface area contributed by atoms with Crippen LogP contribution in [0.2, 0.25) is 0 Å². The maximum atomic E-state index is 15.1. The monoisotopic (exact) mass is 464 g/mol. The molecule has 5 aromatic rings. The Morgan fingerprint density at radius 3 is 2.59 bits per heavy atom. The van der Waals surface area contributed by atoms with E-state index < -0.39 is 11.4 Å². The van der Waals surface area contributed by atoms with Crippen LogP contribution in [-0.2, 0) is 7.05 Å². The molecule has 0 spiro atoms. The molecule has 34 heavy (non-hydrogen) atoms. The molecule has 0 aliphatic carbocycles. The van der Waals surface area contributed by atoms with Crippen molar-refractivity contribution in [1.29, 1.82) is 0 Å². The number of fused-ring (bicyclic) bond motifs is 2. The number of ether oxygens (including phenoxy) is 2. The fraction of sp³-hybridized carbons (Fsp3) is 0.227. The van der Waals surface area contributed by atoms with E-state index in [0.29, 0.717) is 28.1 Å². The molecule has 1 atom stereocenters. The van der Waals surface area contributed by atoms with Crippen LogP contribution in [0.4, 0.5) is 10.1 Å². The molecule has 12 heteroatoms. The molecular formula is C22H21FN8O3. The second-order valence-electron chi connectivity index (χ2n) is 7.65. The molecule has 0 radical (unpaired) electrons. The number of aromatic amines is 2. The third-order valence-electron chi connectivity index (χ3n) is 5.42. The number of hydrogen-bond acceptors (Lipinski definition) is 8. The van der Waals surface area contributed by atoms with Crippen molar-refractivity contribution in [2.45, 2.75) is 13.0 Å². The number of aromatic nitrogens is 7. The lowest BCUT2D eigenvalue weighted by molar-refractivity contribution is 0.339. The Balaban J connectivity index is 1.74. The van der Waals surface area contributed by atoms with Gasteiger partial charge in [0.25, 0.3) is 5.56 Å². The Labute approximate surface area is 192 Å². The van der Waals surface area contributed by atoms with Crippen molar-refractivity contribution in [1.82, 2.24) is 34.7 Å². The van der Waals surface area contributed by atoms with E-state index in [9.17, 15) is 4.79 Å². The van der Waals surface area contributed by atoms with Crippen LogP contribution in [-0.4, -0.2) is 48.9 Å². The first kappa shape index (κ1) is 21.4. The average molecular weight is 464 g/mol. The number of halogens is 1. The smallest absolute Gasteiger partial charge is 0.261 e. The van der Waals surface area contributed by atoms with Gasteiger partial charge in [-0.05, 0) is 13.0 Å². The van der Waals surface area contributed by atoms with Crippen molar-refractivity contribution < 1.29 is 13.9 Å². The number of benzene rings is 1. The number of imidazole rings is 1. The van der Waals surface area contributed by atoms with Gasteiger partial charge in [-0.2, -0.15) is 5.10 Å².